The fourth-order valence-electron chi connectivity index (χ4n) is 2.61. The van der Waals surface area contributed by atoms with E-state index in [0.717, 1.165) is 5.56 Å². The van der Waals surface area contributed by atoms with Gasteiger partial charge in [-0.1, -0.05) is 42.5 Å². The third-order valence-electron chi connectivity index (χ3n) is 3.99. The predicted molar refractivity (Wildman–Crippen MR) is 108 cm³/mol. The monoisotopic (exact) mass is 375 g/mol. The molecule has 28 heavy (non-hydrogen) atoms. The summed E-state index contributed by atoms with van der Waals surface area (Å²) in [6.07, 6.45) is 1.55. The second-order valence-electron chi connectivity index (χ2n) is 5.99. The van der Waals surface area contributed by atoms with E-state index in [0.29, 0.717) is 35.8 Å². The van der Waals surface area contributed by atoms with Crippen molar-refractivity contribution < 1.29 is 14.3 Å². The second-order valence-corrected chi connectivity index (χ2v) is 5.99. The number of para-hydroxylation sites is 1. The first-order valence-corrected chi connectivity index (χ1v) is 8.98. The zero-order chi connectivity index (χ0) is 19.8. The summed E-state index contributed by atoms with van der Waals surface area (Å²) in [5, 5.41) is 5.98. The van der Waals surface area contributed by atoms with Crippen molar-refractivity contribution >= 4 is 23.3 Å². The molecule has 1 aromatic heterocycles. The highest BCUT2D eigenvalue weighted by atomic mass is 16.5. The highest BCUT2D eigenvalue weighted by molar-refractivity contribution is 5.96. The van der Waals surface area contributed by atoms with Gasteiger partial charge in [0.05, 0.1) is 29.7 Å². The van der Waals surface area contributed by atoms with Crippen molar-refractivity contribution in [2.75, 3.05) is 11.9 Å². The van der Waals surface area contributed by atoms with Crippen LogP contribution in [0.15, 0.2) is 72.9 Å². The molecule has 0 atom stereocenters. The van der Waals surface area contributed by atoms with Gasteiger partial charge in [0.2, 0.25) is 0 Å². The third kappa shape index (κ3) is 4.94. The normalized spacial score (nSPS) is 10.2. The van der Waals surface area contributed by atoms with E-state index < -0.39 is 5.97 Å². The van der Waals surface area contributed by atoms with Crippen LogP contribution in [0.25, 0.3) is 0 Å². The summed E-state index contributed by atoms with van der Waals surface area (Å²) in [6.45, 7) is 2.51. The Morgan fingerprint density at radius 1 is 0.964 bits per heavy atom. The van der Waals surface area contributed by atoms with E-state index in [2.05, 4.69) is 15.6 Å². The van der Waals surface area contributed by atoms with Crippen LogP contribution in [0, 0.1) is 0 Å². The molecule has 3 rings (SSSR count). The van der Waals surface area contributed by atoms with Crippen LogP contribution in [-0.2, 0) is 11.3 Å². The van der Waals surface area contributed by atoms with Crippen LogP contribution in [0.5, 0.6) is 0 Å². The van der Waals surface area contributed by atoms with Crippen molar-refractivity contribution in [3.63, 3.8) is 0 Å². The molecule has 1 amide bonds. The lowest BCUT2D eigenvalue weighted by Gasteiger charge is -2.11. The quantitative estimate of drug-likeness (QED) is 0.612. The predicted octanol–water partition coefficient (Wildman–Crippen LogP) is 3.93. The number of carbonyl (C=O) groups excluding carboxylic acids is 2. The Morgan fingerprint density at radius 2 is 1.71 bits per heavy atom. The van der Waals surface area contributed by atoms with Crippen LogP contribution in [0.3, 0.4) is 0 Å². The van der Waals surface area contributed by atoms with Gasteiger partial charge >= 0.3 is 5.97 Å². The zero-order valence-corrected chi connectivity index (χ0v) is 15.5. The molecule has 6 heteroatoms. The van der Waals surface area contributed by atoms with Crippen LogP contribution in [-0.4, -0.2) is 23.5 Å². The lowest BCUT2D eigenvalue weighted by Crippen LogP contribution is -2.23. The number of pyridine rings is 1. The lowest BCUT2D eigenvalue weighted by atomic mass is 10.1. The number of aromatic nitrogens is 1. The maximum atomic E-state index is 12.2. The molecule has 142 valence electrons. The number of carbonyl (C=O) groups is 2. The van der Waals surface area contributed by atoms with Crippen molar-refractivity contribution in [3.8, 4) is 0 Å². The van der Waals surface area contributed by atoms with E-state index in [1.165, 1.54) is 0 Å². The number of anilines is 2. The van der Waals surface area contributed by atoms with Gasteiger partial charge in [0.1, 0.15) is 5.69 Å². The molecule has 0 aliphatic rings. The molecule has 0 saturated heterocycles. The Hall–Kier alpha value is -3.67. The van der Waals surface area contributed by atoms with Crippen LogP contribution < -0.4 is 10.6 Å². The summed E-state index contributed by atoms with van der Waals surface area (Å²) in [5.74, 6) is -0.641. The number of rotatable bonds is 7. The number of amides is 1. The zero-order valence-electron chi connectivity index (χ0n) is 15.5. The molecule has 2 aromatic carbocycles. The van der Waals surface area contributed by atoms with Gasteiger partial charge in [-0.05, 0) is 36.8 Å². The lowest BCUT2D eigenvalue weighted by molar-refractivity contribution is 0.0527. The van der Waals surface area contributed by atoms with Gasteiger partial charge in [-0.25, -0.2) is 9.78 Å². The van der Waals surface area contributed by atoms with Gasteiger partial charge in [-0.15, -0.1) is 0 Å². The van der Waals surface area contributed by atoms with Gasteiger partial charge in [-0.3, -0.25) is 4.79 Å². The van der Waals surface area contributed by atoms with Gasteiger partial charge in [-0.2, -0.15) is 0 Å². The average molecular weight is 375 g/mol. The fourth-order valence-corrected chi connectivity index (χ4v) is 2.61. The fraction of sp³-hybridized carbons (Fsp3) is 0.136. The maximum Gasteiger partial charge on any atom is 0.340 e. The molecule has 0 spiro atoms. The highest BCUT2D eigenvalue weighted by Crippen LogP contribution is 2.21. The number of hydrogen-bond acceptors (Lipinski definition) is 5. The molecular weight excluding hydrogens is 354 g/mol. The number of nitrogens with zero attached hydrogens (tertiary/aromatic N) is 1. The van der Waals surface area contributed by atoms with Gasteiger partial charge in [0.25, 0.3) is 5.91 Å². The number of benzene rings is 2. The van der Waals surface area contributed by atoms with Crippen LogP contribution >= 0.6 is 0 Å². The van der Waals surface area contributed by atoms with E-state index in [4.69, 9.17) is 4.74 Å². The minimum Gasteiger partial charge on any atom is -0.462 e. The molecule has 0 radical (unpaired) electrons. The van der Waals surface area contributed by atoms with Gasteiger partial charge in [0, 0.05) is 6.54 Å². The molecule has 0 fully saturated rings. The number of ether oxygens (including phenoxy) is 1. The van der Waals surface area contributed by atoms with Gasteiger partial charge in [0.15, 0.2) is 0 Å². The molecule has 0 aliphatic heterocycles. The summed E-state index contributed by atoms with van der Waals surface area (Å²) in [5.41, 5.74) is 3.05. The smallest absolute Gasteiger partial charge is 0.340 e. The molecule has 0 saturated carbocycles. The van der Waals surface area contributed by atoms with E-state index >= 15 is 0 Å². The molecule has 0 unspecified atom stereocenters. The summed E-state index contributed by atoms with van der Waals surface area (Å²) in [7, 11) is 0. The van der Waals surface area contributed by atoms with Crippen molar-refractivity contribution in [3.05, 3.63) is 89.7 Å². The molecule has 0 aliphatic carbocycles. The van der Waals surface area contributed by atoms with Crippen molar-refractivity contribution in [2.24, 2.45) is 0 Å². The van der Waals surface area contributed by atoms with Crippen molar-refractivity contribution in [2.45, 2.75) is 13.5 Å². The summed E-state index contributed by atoms with van der Waals surface area (Å²) in [6, 6.07) is 20.1. The highest BCUT2D eigenvalue weighted by Gasteiger charge is 2.12. The molecule has 0 bridgehead atoms. The van der Waals surface area contributed by atoms with E-state index in [1.54, 1.807) is 43.5 Å². The van der Waals surface area contributed by atoms with Crippen molar-refractivity contribution in [1.82, 2.24) is 10.3 Å². The Balaban J connectivity index is 1.65. The summed E-state index contributed by atoms with van der Waals surface area (Å²) < 4.78 is 5.07. The van der Waals surface area contributed by atoms with E-state index in [1.807, 2.05) is 36.4 Å². The standard InChI is InChI=1S/C22H21N3O3/c1-2-28-22(27)18-10-6-7-11-19(18)25-17-12-13-20(23-15-17)21(26)24-14-16-8-4-3-5-9-16/h3-13,15,25H,2,14H2,1H3,(H,24,26). The Bertz CT molecular complexity index is 941. The first kappa shape index (κ1) is 19.1. The third-order valence-corrected chi connectivity index (χ3v) is 3.99. The minimum absolute atomic E-state index is 0.248. The van der Waals surface area contributed by atoms with Crippen LogP contribution in [0.1, 0.15) is 33.3 Å². The first-order chi connectivity index (χ1) is 13.7. The second kappa shape index (κ2) is 9.32. The largest absolute Gasteiger partial charge is 0.462 e. The topological polar surface area (TPSA) is 80.3 Å². The summed E-state index contributed by atoms with van der Waals surface area (Å²) >= 11 is 0. The first-order valence-electron chi connectivity index (χ1n) is 8.98. The molecule has 3 aromatic rings. The molecule has 6 nitrogen and oxygen atoms in total. The van der Waals surface area contributed by atoms with Crippen LogP contribution in [0.2, 0.25) is 0 Å². The minimum atomic E-state index is -0.393. The number of hydrogen-bond donors (Lipinski definition) is 2. The van der Waals surface area contributed by atoms with Crippen LogP contribution in [0.4, 0.5) is 11.4 Å². The number of nitrogens with one attached hydrogen (secondary N) is 2. The van der Waals surface area contributed by atoms with E-state index in [-0.39, 0.29) is 5.91 Å². The Morgan fingerprint density at radius 3 is 2.43 bits per heavy atom. The van der Waals surface area contributed by atoms with Gasteiger partial charge < -0.3 is 15.4 Å². The van der Waals surface area contributed by atoms with E-state index in [9.17, 15) is 9.59 Å². The molecule has 1 heterocycles. The Labute approximate surface area is 163 Å². The summed E-state index contributed by atoms with van der Waals surface area (Å²) in [4.78, 5) is 28.5. The average Bonchev–Trinajstić information content (AvgIpc) is 2.74. The Kier molecular flexibility index (Phi) is 6.36. The maximum absolute atomic E-state index is 12.2. The molecule has 2 N–H and O–H groups in total. The molecular formula is C22H21N3O3. The number of esters is 1. The van der Waals surface area contributed by atoms with Crippen molar-refractivity contribution in [1.29, 1.82) is 0 Å². The SMILES string of the molecule is CCOC(=O)c1ccccc1Nc1ccc(C(=O)NCc2ccccc2)nc1.